The van der Waals surface area contributed by atoms with Crippen LogP contribution in [-0.4, -0.2) is 16.6 Å². The van der Waals surface area contributed by atoms with Crippen molar-refractivity contribution < 1.29 is 5.11 Å². The standard InChI is InChI=1S/C13H15N3O.BrH/c14-12-9-15-6-5-13(12)16-7-4-10-2-1-3-11(17)8-10;/h1-3,5-6,8-9,17H,4,7,14H2,(H,15,16);1H. The molecule has 0 aliphatic carbocycles. The van der Waals surface area contributed by atoms with Crippen LogP contribution < -0.4 is 11.1 Å². The Morgan fingerprint density at radius 3 is 2.83 bits per heavy atom. The third kappa shape index (κ3) is 3.92. The highest BCUT2D eigenvalue weighted by molar-refractivity contribution is 8.93. The molecule has 4 N–H and O–H groups in total. The summed E-state index contributed by atoms with van der Waals surface area (Å²) in [7, 11) is 0. The normalized spacial score (nSPS) is 9.56. The quantitative estimate of drug-likeness (QED) is 0.812. The Labute approximate surface area is 117 Å². The third-order valence-corrected chi connectivity index (χ3v) is 2.49. The van der Waals surface area contributed by atoms with E-state index in [1.165, 1.54) is 0 Å². The first-order valence-electron chi connectivity index (χ1n) is 5.47. The number of hydrogen-bond acceptors (Lipinski definition) is 4. The highest BCUT2D eigenvalue weighted by Gasteiger charge is 1.98. The second-order valence-electron chi connectivity index (χ2n) is 3.81. The summed E-state index contributed by atoms with van der Waals surface area (Å²) in [5.41, 5.74) is 8.38. The topological polar surface area (TPSA) is 71.2 Å². The van der Waals surface area contributed by atoms with Crippen LogP contribution in [0.4, 0.5) is 11.4 Å². The molecule has 0 aliphatic rings. The number of aromatic nitrogens is 1. The zero-order valence-corrected chi connectivity index (χ0v) is 11.5. The van der Waals surface area contributed by atoms with E-state index in [1.54, 1.807) is 24.5 Å². The predicted octanol–water partition coefficient (Wildman–Crippen LogP) is 2.60. The van der Waals surface area contributed by atoms with Gasteiger partial charge in [0.25, 0.3) is 0 Å². The minimum atomic E-state index is 0. The number of nitrogen functional groups attached to an aromatic ring is 1. The molecule has 1 aromatic carbocycles. The summed E-state index contributed by atoms with van der Waals surface area (Å²) >= 11 is 0. The highest BCUT2D eigenvalue weighted by atomic mass is 79.9. The predicted molar refractivity (Wildman–Crippen MR) is 79.3 cm³/mol. The molecule has 0 saturated heterocycles. The fourth-order valence-corrected chi connectivity index (χ4v) is 1.62. The Morgan fingerprint density at radius 2 is 2.11 bits per heavy atom. The highest BCUT2D eigenvalue weighted by Crippen LogP contribution is 2.16. The zero-order valence-electron chi connectivity index (χ0n) is 9.84. The summed E-state index contributed by atoms with van der Waals surface area (Å²) < 4.78 is 0. The molecule has 0 saturated carbocycles. The smallest absolute Gasteiger partial charge is 0.115 e. The van der Waals surface area contributed by atoms with Gasteiger partial charge in [0.1, 0.15) is 5.75 Å². The SMILES string of the molecule is Br.Nc1cnccc1NCCc1cccc(O)c1. The molecule has 1 aromatic heterocycles. The van der Waals surface area contributed by atoms with E-state index in [2.05, 4.69) is 10.3 Å². The van der Waals surface area contributed by atoms with Gasteiger partial charge in [0, 0.05) is 12.7 Å². The molecule has 0 radical (unpaired) electrons. The summed E-state index contributed by atoms with van der Waals surface area (Å²) in [4.78, 5) is 3.92. The van der Waals surface area contributed by atoms with Gasteiger partial charge >= 0.3 is 0 Å². The van der Waals surface area contributed by atoms with Gasteiger partial charge in [-0.1, -0.05) is 12.1 Å². The molecular weight excluding hydrogens is 294 g/mol. The van der Waals surface area contributed by atoms with Gasteiger partial charge in [-0.15, -0.1) is 17.0 Å². The minimum Gasteiger partial charge on any atom is -0.508 e. The molecule has 0 amide bonds. The molecule has 18 heavy (non-hydrogen) atoms. The van der Waals surface area contributed by atoms with Crippen molar-refractivity contribution in [3.63, 3.8) is 0 Å². The average Bonchev–Trinajstić information content (AvgIpc) is 2.32. The molecule has 0 aliphatic heterocycles. The van der Waals surface area contributed by atoms with Crippen LogP contribution in [0.5, 0.6) is 5.75 Å². The van der Waals surface area contributed by atoms with Gasteiger partial charge in [0.05, 0.1) is 17.6 Å². The number of hydrogen-bond donors (Lipinski definition) is 3. The minimum absolute atomic E-state index is 0. The van der Waals surface area contributed by atoms with Crippen molar-refractivity contribution in [3.8, 4) is 5.75 Å². The van der Waals surface area contributed by atoms with Crippen molar-refractivity contribution in [3.05, 3.63) is 48.3 Å². The van der Waals surface area contributed by atoms with E-state index in [4.69, 9.17) is 5.73 Å². The molecular formula is C13H16BrN3O. The summed E-state index contributed by atoms with van der Waals surface area (Å²) in [6, 6.07) is 9.09. The lowest BCUT2D eigenvalue weighted by atomic mass is 10.1. The number of rotatable bonds is 4. The largest absolute Gasteiger partial charge is 0.508 e. The van der Waals surface area contributed by atoms with Crippen LogP contribution in [0.1, 0.15) is 5.56 Å². The summed E-state index contributed by atoms with van der Waals surface area (Å²) in [6.45, 7) is 0.762. The molecule has 4 nitrogen and oxygen atoms in total. The summed E-state index contributed by atoms with van der Waals surface area (Å²) in [5.74, 6) is 0.297. The zero-order chi connectivity index (χ0) is 12.1. The van der Waals surface area contributed by atoms with Crippen molar-refractivity contribution in [2.45, 2.75) is 6.42 Å². The van der Waals surface area contributed by atoms with Gasteiger partial charge in [0.15, 0.2) is 0 Å². The second kappa shape index (κ2) is 6.86. The van der Waals surface area contributed by atoms with E-state index in [0.717, 1.165) is 24.2 Å². The van der Waals surface area contributed by atoms with Crippen molar-refractivity contribution in [2.24, 2.45) is 0 Å². The maximum absolute atomic E-state index is 9.32. The number of anilines is 2. The lowest BCUT2D eigenvalue weighted by Crippen LogP contribution is -2.06. The lowest BCUT2D eigenvalue weighted by Gasteiger charge is -2.08. The monoisotopic (exact) mass is 309 g/mol. The second-order valence-corrected chi connectivity index (χ2v) is 3.81. The molecule has 1 heterocycles. The van der Waals surface area contributed by atoms with Crippen molar-refractivity contribution in [1.29, 1.82) is 0 Å². The van der Waals surface area contributed by atoms with Crippen LogP contribution in [0, 0.1) is 0 Å². The average molecular weight is 310 g/mol. The van der Waals surface area contributed by atoms with Crippen molar-refractivity contribution >= 4 is 28.4 Å². The Kier molecular flexibility index (Phi) is 5.45. The first-order chi connectivity index (χ1) is 8.25. The number of benzene rings is 1. The number of aromatic hydroxyl groups is 1. The molecule has 2 aromatic rings. The van der Waals surface area contributed by atoms with Gasteiger partial charge < -0.3 is 16.2 Å². The molecule has 0 unspecified atom stereocenters. The Hall–Kier alpha value is -1.75. The maximum Gasteiger partial charge on any atom is 0.115 e. The number of nitrogens with one attached hydrogen (secondary N) is 1. The molecule has 0 bridgehead atoms. The van der Waals surface area contributed by atoms with Gasteiger partial charge in [-0.25, -0.2) is 0 Å². The first kappa shape index (κ1) is 14.3. The Balaban J connectivity index is 0.00000162. The lowest BCUT2D eigenvalue weighted by molar-refractivity contribution is 0.474. The molecule has 2 rings (SSSR count). The number of nitrogens with two attached hydrogens (primary N) is 1. The fraction of sp³-hybridized carbons (Fsp3) is 0.154. The van der Waals surface area contributed by atoms with Gasteiger partial charge in [-0.05, 0) is 30.2 Å². The van der Waals surface area contributed by atoms with E-state index >= 15 is 0 Å². The Bertz CT molecular complexity index is 505. The van der Waals surface area contributed by atoms with E-state index in [0.29, 0.717) is 11.4 Å². The maximum atomic E-state index is 9.32. The van der Waals surface area contributed by atoms with Crippen molar-refractivity contribution in [2.75, 3.05) is 17.6 Å². The molecule has 0 fully saturated rings. The van der Waals surface area contributed by atoms with Gasteiger partial charge in [0.2, 0.25) is 0 Å². The third-order valence-electron chi connectivity index (χ3n) is 2.49. The molecule has 5 heteroatoms. The number of halogens is 1. The van der Waals surface area contributed by atoms with E-state index in [9.17, 15) is 5.11 Å². The molecule has 0 atom stereocenters. The van der Waals surface area contributed by atoms with E-state index in [1.807, 2.05) is 18.2 Å². The molecule has 96 valence electrons. The van der Waals surface area contributed by atoms with Crippen LogP contribution in [-0.2, 0) is 6.42 Å². The van der Waals surface area contributed by atoms with Gasteiger partial charge in [-0.2, -0.15) is 0 Å². The van der Waals surface area contributed by atoms with Crippen LogP contribution in [0.3, 0.4) is 0 Å². The van der Waals surface area contributed by atoms with E-state index in [-0.39, 0.29) is 17.0 Å². The number of pyridine rings is 1. The number of nitrogens with zero attached hydrogens (tertiary/aromatic N) is 1. The fourth-order valence-electron chi connectivity index (χ4n) is 1.62. The van der Waals surface area contributed by atoms with Crippen LogP contribution in [0.25, 0.3) is 0 Å². The van der Waals surface area contributed by atoms with Crippen LogP contribution in [0.15, 0.2) is 42.7 Å². The van der Waals surface area contributed by atoms with E-state index < -0.39 is 0 Å². The summed E-state index contributed by atoms with van der Waals surface area (Å²) in [6.07, 6.45) is 4.15. The van der Waals surface area contributed by atoms with Crippen LogP contribution in [0.2, 0.25) is 0 Å². The number of phenolic OH excluding ortho intramolecular Hbond substituents is 1. The summed E-state index contributed by atoms with van der Waals surface area (Å²) in [5, 5.41) is 12.6. The van der Waals surface area contributed by atoms with Crippen LogP contribution >= 0.6 is 17.0 Å². The van der Waals surface area contributed by atoms with Gasteiger partial charge in [-0.3, -0.25) is 4.98 Å². The first-order valence-corrected chi connectivity index (χ1v) is 5.47. The molecule has 0 spiro atoms. The van der Waals surface area contributed by atoms with Crippen molar-refractivity contribution in [1.82, 2.24) is 4.98 Å². The number of phenols is 1. The Morgan fingerprint density at radius 1 is 1.28 bits per heavy atom.